The minimum absolute atomic E-state index is 0.0760. The Morgan fingerprint density at radius 1 is 1.36 bits per heavy atom. The Morgan fingerprint density at radius 2 is 2.14 bits per heavy atom. The van der Waals surface area contributed by atoms with Gasteiger partial charge in [-0.25, -0.2) is 0 Å². The fourth-order valence-corrected chi connectivity index (χ4v) is 2.66. The van der Waals surface area contributed by atoms with Crippen LogP contribution in [0, 0.1) is 23.3 Å². The van der Waals surface area contributed by atoms with Crippen molar-refractivity contribution in [3.63, 3.8) is 0 Å². The van der Waals surface area contributed by atoms with Gasteiger partial charge < -0.3 is 14.6 Å². The average molecular weight is 299 g/mol. The molecule has 3 rings (SSSR count). The molecular weight excluding hydrogens is 289 g/mol. The number of hydrogen-bond acceptors (Lipinski definition) is 4. The molecule has 2 aromatic rings. The predicted octanol–water partition coefficient (Wildman–Crippen LogP) is 2.46. The van der Waals surface area contributed by atoms with E-state index < -0.39 is 23.5 Å². The highest BCUT2D eigenvalue weighted by molar-refractivity contribution is 5.86. The Kier molecular flexibility index (Phi) is 3.08. The molecule has 0 radical (unpaired) electrons. The molecule has 0 amide bonds. The molecule has 0 spiro atoms. The minimum atomic E-state index is -1.90. The monoisotopic (exact) mass is 299 g/mol. The second-order valence-electron chi connectivity index (χ2n) is 4.98. The van der Waals surface area contributed by atoms with Crippen LogP contribution in [0.25, 0.3) is 11.0 Å². The van der Waals surface area contributed by atoms with E-state index in [4.69, 9.17) is 9.68 Å². The molecule has 2 atom stereocenters. The largest absolute Gasteiger partial charge is 0.481 e. The Hall–Kier alpha value is -2.91. The summed E-state index contributed by atoms with van der Waals surface area (Å²) in [5.41, 5.74) is -1.58. The molecule has 0 saturated carbocycles. The molecule has 0 fully saturated rings. The zero-order chi connectivity index (χ0) is 15.9. The van der Waals surface area contributed by atoms with Gasteiger partial charge in [-0.3, -0.25) is 4.79 Å². The minimum Gasteiger partial charge on any atom is -0.481 e. The molecular formula is C16H10FNO4. The lowest BCUT2D eigenvalue weighted by Gasteiger charge is -2.32. The lowest BCUT2D eigenvalue weighted by molar-refractivity contribution is -0.146. The van der Waals surface area contributed by atoms with E-state index >= 15 is 0 Å². The van der Waals surface area contributed by atoms with Crippen molar-refractivity contribution < 1.29 is 23.8 Å². The van der Waals surface area contributed by atoms with Gasteiger partial charge in [0.2, 0.25) is 0 Å². The first-order valence-electron chi connectivity index (χ1n) is 6.40. The highest BCUT2D eigenvalue weighted by Gasteiger charge is 2.42. The Bertz CT molecular complexity index is 874. The van der Waals surface area contributed by atoms with Crippen molar-refractivity contribution in [3.05, 3.63) is 59.6 Å². The van der Waals surface area contributed by atoms with Crippen LogP contribution in [0.1, 0.15) is 11.1 Å². The summed E-state index contributed by atoms with van der Waals surface area (Å²) in [6.07, 6.45) is 5.66. The third-order valence-corrected chi connectivity index (χ3v) is 3.67. The number of nitrogens with zero attached hydrogens (tertiary/aromatic N) is 1. The van der Waals surface area contributed by atoms with Crippen LogP contribution in [-0.4, -0.2) is 16.2 Å². The maximum absolute atomic E-state index is 13.4. The number of furan rings is 1. The van der Waals surface area contributed by atoms with Crippen LogP contribution in [-0.2, 0) is 10.4 Å². The number of carbonyl (C=O) groups is 1. The molecule has 0 bridgehead atoms. The molecule has 1 aliphatic carbocycles. The molecule has 1 heterocycles. The maximum atomic E-state index is 13.4. The molecule has 6 heteroatoms. The van der Waals surface area contributed by atoms with Gasteiger partial charge in [0.15, 0.2) is 0 Å². The number of rotatable bonds is 2. The number of carboxylic acid groups (broad SMARTS) is 1. The normalized spacial score (nSPS) is 23.6. The van der Waals surface area contributed by atoms with E-state index in [9.17, 15) is 19.4 Å². The first-order valence-corrected chi connectivity index (χ1v) is 6.40. The topological polar surface area (TPSA) is 94.5 Å². The quantitative estimate of drug-likeness (QED) is 0.888. The van der Waals surface area contributed by atoms with Crippen molar-refractivity contribution in [1.29, 1.82) is 5.26 Å². The van der Waals surface area contributed by atoms with Gasteiger partial charge in [0.1, 0.15) is 17.1 Å². The lowest BCUT2D eigenvalue weighted by Crippen LogP contribution is -2.38. The molecule has 5 nitrogen and oxygen atoms in total. The van der Waals surface area contributed by atoms with E-state index in [1.807, 2.05) is 6.07 Å². The fourth-order valence-electron chi connectivity index (χ4n) is 2.66. The third-order valence-electron chi connectivity index (χ3n) is 3.67. The van der Waals surface area contributed by atoms with E-state index in [1.165, 1.54) is 36.4 Å². The van der Waals surface area contributed by atoms with Crippen molar-refractivity contribution in [3.8, 4) is 6.07 Å². The Labute approximate surface area is 124 Å². The van der Waals surface area contributed by atoms with Crippen molar-refractivity contribution in [1.82, 2.24) is 0 Å². The Balaban J connectivity index is 2.32. The first kappa shape index (κ1) is 14.0. The zero-order valence-corrected chi connectivity index (χ0v) is 11.2. The SMILES string of the molecule is N#Cc1cc(C2(O)C=CC=CC2C(=O)O)c2cc(F)oc2c1. The summed E-state index contributed by atoms with van der Waals surface area (Å²) in [4.78, 5) is 11.4. The van der Waals surface area contributed by atoms with Crippen LogP contribution in [0.5, 0.6) is 0 Å². The van der Waals surface area contributed by atoms with Gasteiger partial charge in [0, 0.05) is 17.0 Å². The predicted molar refractivity (Wildman–Crippen MR) is 74.2 cm³/mol. The van der Waals surface area contributed by atoms with Gasteiger partial charge in [-0.1, -0.05) is 18.2 Å². The second-order valence-corrected chi connectivity index (χ2v) is 4.98. The number of fused-ring (bicyclic) bond motifs is 1. The van der Waals surface area contributed by atoms with E-state index in [2.05, 4.69) is 0 Å². The summed E-state index contributed by atoms with van der Waals surface area (Å²) in [6, 6.07) is 4.75. The van der Waals surface area contributed by atoms with E-state index in [-0.39, 0.29) is 22.1 Å². The highest BCUT2D eigenvalue weighted by atomic mass is 19.1. The summed E-state index contributed by atoms with van der Waals surface area (Å²) in [7, 11) is 0. The first-order chi connectivity index (χ1) is 10.5. The standard InChI is InChI=1S/C16H10FNO4/c17-14-7-10-12(5-9(8-18)6-13(10)22-14)16(21)4-2-1-3-11(16)15(19)20/h1-7,11,21H,(H,19,20). The lowest BCUT2D eigenvalue weighted by atomic mass is 9.77. The van der Waals surface area contributed by atoms with Crippen LogP contribution >= 0.6 is 0 Å². The van der Waals surface area contributed by atoms with Crippen LogP contribution < -0.4 is 0 Å². The number of allylic oxidation sites excluding steroid dienone is 2. The van der Waals surface area contributed by atoms with Crippen LogP contribution in [0.3, 0.4) is 0 Å². The van der Waals surface area contributed by atoms with Crippen LogP contribution in [0.2, 0.25) is 0 Å². The summed E-state index contributed by atoms with van der Waals surface area (Å²) in [5, 5.41) is 29.5. The van der Waals surface area contributed by atoms with Crippen LogP contribution in [0.4, 0.5) is 4.39 Å². The molecule has 110 valence electrons. The summed E-state index contributed by atoms with van der Waals surface area (Å²) in [6.45, 7) is 0. The molecule has 0 aliphatic heterocycles. The van der Waals surface area contributed by atoms with E-state index in [1.54, 1.807) is 0 Å². The highest BCUT2D eigenvalue weighted by Crippen LogP contribution is 2.40. The van der Waals surface area contributed by atoms with Gasteiger partial charge in [-0.05, 0) is 18.2 Å². The maximum Gasteiger partial charge on any atom is 0.314 e. The van der Waals surface area contributed by atoms with Crippen molar-refractivity contribution in [2.24, 2.45) is 5.92 Å². The molecule has 1 aromatic heterocycles. The number of nitriles is 1. The van der Waals surface area contributed by atoms with Gasteiger partial charge in [0.25, 0.3) is 6.01 Å². The van der Waals surface area contributed by atoms with Gasteiger partial charge in [0.05, 0.1) is 11.6 Å². The molecule has 1 aromatic carbocycles. The van der Waals surface area contributed by atoms with Crippen molar-refractivity contribution >= 4 is 16.9 Å². The molecule has 22 heavy (non-hydrogen) atoms. The number of halogens is 1. The summed E-state index contributed by atoms with van der Waals surface area (Å²) in [5.74, 6) is -2.49. The van der Waals surface area contributed by atoms with Crippen LogP contribution in [0.15, 0.2) is 46.9 Å². The molecule has 0 saturated heterocycles. The summed E-state index contributed by atoms with van der Waals surface area (Å²) >= 11 is 0. The molecule has 2 N–H and O–H groups in total. The number of benzene rings is 1. The second kappa shape index (κ2) is 4.83. The molecule has 1 aliphatic rings. The smallest absolute Gasteiger partial charge is 0.314 e. The fraction of sp³-hybridized carbons (Fsp3) is 0.125. The number of aliphatic hydroxyl groups is 1. The van der Waals surface area contributed by atoms with Gasteiger partial charge >= 0.3 is 5.97 Å². The van der Waals surface area contributed by atoms with Gasteiger partial charge in [-0.15, -0.1) is 0 Å². The molecule has 2 unspecified atom stereocenters. The number of aliphatic carboxylic acids is 1. The average Bonchev–Trinajstić information content (AvgIpc) is 2.86. The van der Waals surface area contributed by atoms with Gasteiger partial charge in [-0.2, -0.15) is 9.65 Å². The number of hydrogen-bond donors (Lipinski definition) is 2. The summed E-state index contributed by atoms with van der Waals surface area (Å²) < 4.78 is 18.3. The van der Waals surface area contributed by atoms with Crippen molar-refractivity contribution in [2.45, 2.75) is 5.60 Å². The van der Waals surface area contributed by atoms with E-state index in [0.717, 1.165) is 6.07 Å². The third kappa shape index (κ3) is 2.00. The Morgan fingerprint density at radius 3 is 2.82 bits per heavy atom. The number of carboxylic acids is 1. The van der Waals surface area contributed by atoms with Crippen molar-refractivity contribution in [2.75, 3.05) is 0 Å². The zero-order valence-electron chi connectivity index (χ0n) is 11.2. The van der Waals surface area contributed by atoms with E-state index in [0.29, 0.717) is 0 Å².